The van der Waals surface area contributed by atoms with E-state index in [1.54, 1.807) is 11.3 Å². The first-order valence-electron chi connectivity index (χ1n) is 6.90. The molecule has 0 aliphatic heterocycles. The zero-order valence-electron chi connectivity index (χ0n) is 11.5. The lowest BCUT2D eigenvalue weighted by molar-refractivity contribution is 0.261. The van der Waals surface area contributed by atoms with Crippen LogP contribution in [0.4, 0.5) is 0 Å². The molecule has 0 saturated carbocycles. The van der Waals surface area contributed by atoms with E-state index >= 15 is 0 Å². The molecule has 0 saturated heterocycles. The number of likely N-dealkylation sites (N-methyl/N-ethyl adjacent to an activating group) is 1. The van der Waals surface area contributed by atoms with Crippen LogP contribution >= 0.6 is 22.9 Å². The molecule has 1 aliphatic rings. The highest BCUT2D eigenvalue weighted by Crippen LogP contribution is 2.39. The summed E-state index contributed by atoms with van der Waals surface area (Å²) in [6, 6.07) is 3.19. The van der Waals surface area contributed by atoms with E-state index in [0.717, 1.165) is 24.0 Å². The van der Waals surface area contributed by atoms with Gasteiger partial charge in [0.2, 0.25) is 0 Å². The fourth-order valence-corrected chi connectivity index (χ4v) is 4.13. The number of thiophene rings is 1. The zero-order chi connectivity index (χ0) is 13.1. The third-order valence-corrected chi connectivity index (χ3v) is 5.10. The predicted molar refractivity (Wildman–Crippen MR) is 80.8 cm³/mol. The van der Waals surface area contributed by atoms with Crippen molar-refractivity contribution in [2.75, 3.05) is 19.6 Å². The van der Waals surface area contributed by atoms with Crippen molar-refractivity contribution in [2.45, 2.75) is 45.7 Å². The first-order chi connectivity index (χ1) is 8.63. The summed E-state index contributed by atoms with van der Waals surface area (Å²) in [6.07, 6.45) is 2.41. The van der Waals surface area contributed by atoms with Gasteiger partial charge in [0.25, 0.3) is 0 Å². The van der Waals surface area contributed by atoms with E-state index < -0.39 is 0 Å². The average molecular weight is 287 g/mol. The van der Waals surface area contributed by atoms with Crippen molar-refractivity contribution in [3.63, 3.8) is 0 Å². The molecular formula is C14H23ClN2S. The molecule has 2 rings (SSSR count). The molecule has 18 heavy (non-hydrogen) atoms. The van der Waals surface area contributed by atoms with Crippen LogP contribution in [0.2, 0.25) is 4.34 Å². The zero-order valence-corrected chi connectivity index (χ0v) is 13.1. The second-order valence-electron chi connectivity index (χ2n) is 5.07. The Morgan fingerprint density at radius 3 is 2.89 bits per heavy atom. The summed E-state index contributed by atoms with van der Waals surface area (Å²) in [5.74, 6) is 0. The Bertz CT molecular complexity index is 387. The van der Waals surface area contributed by atoms with Crippen LogP contribution in [0.1, 0.15) is 43.7 Å². The number of hydrogen-bond acceptors (Lipinski definition) is 3. The maximum Gasteiger partial charge on any atom is 0.0934 e. The van der Waals surface area contributed by atoms with E-state index in [2.05, 4.69) is 37.1 Å². The maximum atomic E-state index is 6.09. The van der Waals surface area contributed by atoms with E-state index in [1.165, 1.54) is 23.3 Å². The normalized spacial score (nSPS) is 20.4. The number of nitrogens with zero attached hydrogens (tertiary/aromatic N) is 1. The molecule has 0 bridgehead atoms. The van der Waals surface area contributed by atoms with Crippen molar-refractivity contribution in [3.05, 3.63) is 20.8 Å². The molecule has 2 nitrogen and oxygen atoms in total. The van der Waals surface area contributed by atoms with Gasteiger partial charge in [0.05, 0.1) is 4.34 Å². The first-order valence-corrected chi connectivity index (χ1v) is 8.10. The molecule has 0 radical (unpaired) electrons. The number of halogens is 1. The van der Waals surface area contributed by atoms with Crippen molar-refractivity contribution in [2.24, 2.45) is 0 Å². The molecule has 4 heteroatoms. The molecule has 102 valence electrons. The van der Waals surface area contributed by atoms with Crippen LogP contribution < -0.4 is 5.32 Å². The van der Waals surface area contributed by atoms with Gasteiger partial charge in [-0.2, -0.15) is 0 Å². The standard InChI is InChI=1S/C14H23ClN2S/c1-4-17(5-2)9-10(3)16-12-6-7-13-11(12)8-14(15)18-13/h8,10,12,16H,4-7,9H2,1-3H3. The minimum absolute atomic E-state index is 0.509. The van der Waals surface area contributed by atoms with Crippen molar-refractivity contribution in [1.82, 2.24) is 10.2 Å². The van der Waals surface area contributed by atoms with Gasteiger partial charge in [-0.05, 0) is 44.5 Å². The highest BCUT2D eigenvalue weighted by Gasteiger charge is 2.26. The molecule has 1 N–H and O–H groups in total. The van der Waals surface area contributed by atoms with E-state index in [4.69, 9.17) is 11.6 Å². The van der Waals surface area contributed by atoms with E-state index in [-0.39, 0.29) is 0 Å². The molecule has 1 heterocycles. The predicted octanol–water partition coefficient (Wildman–Crippen LogP) is 3.71. The van der Waals surface area contributed by atoms with Gasteiger partial charge >= 0.3 is 0 Å². The molecular weight excluding hydrogens is 264 g/mol. The van der Waals surface area contributed by atoms with Crippen molar-refractivity contribution in [1.29, 1.82) is 0 Å². The van der Waals surface area contributed by atoms with Gasteiger partial charge in [0.1, 0.15) is 0 Å². The van der Waals surface area contributed by atoms with E-state index in [9.17, 15) is 0 Å². The fourth-order valence-electron chi connectivity index (χ4n) is 2.77. The quantitative estimate of drug-likeness (QED) is 0.858. The molecule has 1 aromatic rings. The molecule has 1 aliphatic carbocycles. The topological polar surface area (TPSA) is 15.3 Å². The van der Waals surface area contributed by atoms with Crippen LogP contribution in [-0.4, -0.2) is 30.6 Å². The second-order valence-corrected chi connectivity index (χ2v) is 6.84. The smallest absolute Gasteiger partial charge is 0.0934 e. The van der Waals surface area contributed by atoms with Crippen molar-refractivity contribution in [3.8, 4) is 0 Å². The summed E-state index contributed by atoms with van der Waals surface area (Å²) in [5, 5.41) is 3.75. The lowest BCUT2D eigenvalue weighted by Gasteiger charge is -2.26. The van der Waals surface area contributed by atoms with Crippen molar-refractivity contribution >= 4 is 22.9 Å². The fraction of sp³-hybridized carbons (Fsp3) is 0.714. The van der Waals surface area contributed by atoms with Crippen LogP contribution in [0.3, 0.4) is 0 Å². The third kappa shape index (κ3) is 3.27. The van der Waals surface area contributed by atoms with Crippen LogP contribution in [-0.2, 0) is 6.42 Å². The highest BCUT2D eigenvalue weighted by molar-refractivity contribution is 7.16. The number of hydrogen-bond donors (Lipinski definition) is 1. The van der Waals surface area contributed by atoms with Crippen LogP contribution in [0.5, 0.6) is 0 Å². The third-order valence-electron chi connectivity index (χ3n) is 3.76. The van der Waals surface area contributed by atoms with Crippen LogP contribution in [0.15, 0.2) is 6.07 Å². The van der Waals surface area contributed by atoms with Gasteiger partial charge in [0.15, 0.2) is 0 Å². The molecule has 2 unspecified atom stereocenters. The average Bonchev–Trinajstić information content (AvgIpc) is 2.87. The molecule has 0 amide bonds. The molecule has 0 spiro atoms. The van der Waals surface area contributed by atoms with Gasteiger partial charge in [0, 0.05) is 23.5 Å². The Hall–Kier alpha value is -0.0900. The highest BCUT2D eigenvalue weighted by atomic mass is 35.5. The number of rotatable bonds is 6. The number of nitrogens with one attached hydrogen (secondary N) is 1. The lowest BCUT2D eigenvalue weighted by Crippen LogP contribution is -2.40. The second kappa shape index (κ2) is 6.38. The summed E-state index contributed by atoms with van der Waals surface area (Å²) in [5.41, 5.74) is 1.44. The van der Waals surface area contributed by atoms with Gasteiger partial charge in [-0.15, -0.1) is 11.3 Å². The van der Waals surface area contributed by atoms with Gasteiger partial charge in [-0.25, -0.2) is 0 Å². The minimum atomic E-state index is 0.509. The summed E-state index contributed by atoms with van der Waals surface area (Å²) in [6.45, 7) is 10.1. The number of aryl methyl sites for hydroxylation is 1. The van der Waals surface area contributed by atoms with Crippen molar-refractivity contribution < 1.29 is 0 Å². The van der Waals surface area contributed by atoms with E-state index in [0.29, 0.717) is 12.1 Å². The Labute approximate surface area is 119 Å². The Kier molecular flexibility index (Phi) is 5.07. The Balaban J connectivity index is 1.90. The van der Waals surface area contributed by atoms with Gasteiger partial charge < -0.3 is 10.2 Å². The maximum absolute atomic E-state index is 6.09. The van der Waals surface area contributed by atoms with E-state index in [1.807, 2.05) is 0 Å². The molecule has 0 aromatic carbocycles. The molecule has 2 atom stereocenters. The Morgan fingerprint density at radius 1 is 1.50 bits per heavy atom. The first kappa shape index (κ1) is 14.3. The van der Waals surface area contributed by atoms with Crippen LogP contribution in [0, 0.1) is 0 Å². The monoisotopic (exact) mass is 286 g/mol. The Morgan fingerprint density at radius 2 is 2.22 bits per heavy atom. The summed E-state index contributed by atoms with van der Waals surface area (Å²) in [4.78, 5) is 3.95. The molecule has 1 aromatic heterocycles. The number of fused-ring (bicyclic) bond motifs is 1. The van der Waals surface area contributed by atoms with Gasteiger partial charge in [-0.1, -0.05) is 25.4 Å². The summed E-state index contributed by atoms with van der Waals surface area (Å²) < 4.78 is 0.933. The lowest BCUT2D eigenvalue weighted by atomic mass is 10.1. The van der Waals surface area contributed by atoms with Gasteiger partial charge in [-0.3, -0.25) is 0 Å². The summed E-state index contributed by atoms with van der Waals surface area (Å²) in [7, 11) is 0. The SMILES string of the molecule is CCN(CC)CC(C)NC1CCc2sc(Cl)cc21. The largest absolute Gasteiger partial charge is 0.306 e. The van der Waals surface area contributed by atoms with Crippen LogP contribution in [0.25, 0.3) is 0 Å². The minimum Gasteiger partial charge on any atom is -0.306 e. The summed E-state index contributed by atoms with van der Waals surface area (Å²) >= 11 is 7.84. The molecule has 0 fully saturated rings.